The second kappa shape index (κ2) is 9.96. The van der Waals surface area contributed by atoms with Crippen molar-refractivity contribution in [2.75, 3.05) is 0 Å². The lowest BCUT2D eigenvalue weighted by atomic mass is 9.97. The summed E-state index contributed by atoms with van der Waals surface area (Å²) >= 11 is 0. The summed E-state index contributed by atoms with van der Waals surface area (Å²) in [6.07, 6.45) is 6.33. The fourth-order valence-corrected chi connectivity index (χ4v) is 4.01. The van der Waals surface area contributed by atoms with E-state index in [-0.39, 0.29) is 5.70 Å². The first kappa shape index (κ1) is 21.4. The number of rotatable bonds is 7. The topological polar surface area (TPSA) is 75.6 Å². The molecule has 162 valence electrons. The van der Waals surface area contributed by atoms with Gasteiger partial charge in [-0.2, -0.15) is 0 Å². The van der Waals surface area contributed by atoms with Crippen LogP contribution < -0.4 is 10.1 Å². The quantitative estimate of drug-likeness (QED) is 0.454. The van der Waals surface area contributed by atoms with Gasteiger partial charge in [0.1, 0.15) is 17.2 Å². The standard InChI is InChI=1S/C27H25NO4/c29-26(21-10-2-1-3-11-21)28-24(27(30)31)18-19-14-16-22(17-15-19)32-25-13-7-6-12-23(25)20-8-4-5-9-20/h1-3,6-7,10-18,20H,4-5,8-9H2,(H,28,29)(H,30,31)/b24-18+. The molecule has 0 aliphatic heterocycles. The van der Waals surface area contributed by atoms with E-state index in [4.69, 9.17) is 4.74 Å². The normalized spacial score (nSPS) is 14.2. The van der Waals surface area contributed by atoms with Crippen molar-refractivity contribution >= 4 is 18.0 Å². The summed E-state index contributed by atoms with van der Waals surface area (Å²) in [6, 6.07) is 23.8. The zero-order valence-corrected chi connectivity index (χ0v) is 17.7. The first-order chi connectivity index (χ1) is 15.6. The Morgan fingerprint density at radius 2 is 1.53 bits per heavy atom. The van der Waals surface area contributed by atoms with Crippen molar-refractivity contribution in [2.24, 2.45) is 0 Å². The fraction of sp³-hybridized carbons (Fsp3) is 0.185. The molecule has 0 bridgehead atoms. The van der Waals surface area contributed by atoms with Crippen LogP contribution in [0.3, 0.4) is 0 Å². The lowest BCUT2D eigenvalue weighted by Gasteiger charge is -2.16. The van der Waals surface area contributed by atoms with Gasteiger partial charge in [-0.15, -0.1) is 0 Å². The van der Waals surface area contributed by atoms with E-state index in [1.54, 1.807) is 54.6 Å². The van der Waals surface area contributed by atoms with E-state index in [9.17, 15) is 14.7 Å². The summed E-state index contributed by atoms with van der Waals surface area (Å²) < 4.78 is 6.14. The second-order valence-electron chi connectivity index (χ2n) is 7.87. The van der Waals surface area contributed by atoms with Crippen molar-refractivity contribution < 1.29 is 19.4 Å². The van der Waals surface area contributed by atoms with Gasteiger partial charge >= 0.3 is 5.97 Å². The molecule has 32 heavy (non-hydrogen) atoms. The number of nitrogens with one attached hydrogen (secondary N) is 1. The van der Waals surface area contributed by atoms with E-state index in [0.717, 1.165) is 5.75 Å². The highest BCUT2D eigenvalue weighted by Gasteiger charge is 2.20. The minimum Gasteiger partial charge on any atom is -0.477 e. The largest absolute Gasteiger partial charge is 0.477 e. The van der Waals surface area contributed by atoms with Crippen LogP contribution in [-0.4, -0.2) is 17.0 Å². The molecule has 3 aromatic carbocycles. The molecule has 1 aliphatic rings. The molecule has 1 fully saturated rings. The Morgan fingerprint density at radius 1 is 0.875 bits per heavy atom. The number of carbonyl (C=O) groups is 2. The van der Waals surface area contributed by atoms with Crippen LogP contribution >= 0.6 is 0 Å². The summed E-state index contributed by atoms with van der Waals surface area (Å²) in [5.74, 6) is 0.407. The van der Waals surface area contributed by atoms with Gasteiger partial charge in [0, 0.05) is 5.56 Å². The molecule has 4 rings (SSSR count). The highest BCUT2D eigenvalue weighted by Crippen LogP contribution is 2.39. The number of hydrogen-bond donors (Lipinski definition) is 2. The van der Waals surface area contributed by atoms with Crippen LogP contribution in [0.25, 0.3) is 6.08 Å². The van der Waals surface area contributed by atoms with Gasteiger partial charge in [-0.05, 0) is 66.3 Å². The average molecular weight is 428 g/mol. The van der Waals surface area contributed by atoms with Crippen LogP contribution in [-0.2, 0) is 4.79 Å². The average Bonchev–Trinajstić information content (AvgIpc) is 3.35. The number of benzene rings is 3. The molecule has 0 saturated heterocycles. The molecular formula is C27H25NO4. The molecule has 0 heterocycles. The maximum Gasteiger partial charge on any atom is 0.352 e. The summed E-state index contributed by atoms with van der Waals surface area (Å²) in [5, 5.41) is 12.0. The zero-order valence-electron chi connectivity index (χ0n) is 17.7. The van der Waals surface area contributed by atoms with Gasteiger partial charge in [0.05, 0.1) is 0 Å². The number of hydrogen-bond acceptors (Lipinski definition) is 3. The Labute approximate surface area is 187 Å². The van der Waals surface area contributed by atoms with Gasteiger partial charge in [0.25, 0.3) is 5.91 Å². The highest BCUT2D eigenvalue weighted by atomic mass is 16.5. The second-order valence-corrected chi connectivity index (χ2v) is 7.87. The monoisotopic (exact) mass is 427 g/mol. The van der Waals surface area contributed by atoms with E-state index in [1.807, 2.05) is 18.2 Å². The van der Waals surface area contributed by atoms with E-state index in [2.05, 4.69) is 11.4 Å². The summed E-state index contributed by atoms with van der Waals surface area (Å²) in [6.45, 7) is 0. The first-order valence-corrected chi connectivity index (χ1v) is 10.8. The molecule has 2 N–H and O–H groups in total. The molecule has 5 nitrogen and oxygen atoms in total. The smallest absolute Gasteiger partial charge is 0.352 e. The highest BCUT2D eigenvalue weighted by molar-refractivity contribution is 6.02. The Balaban J connectivity index is 1.48. The van der Waals surface area contributed by atoms with Crippen molar-refractivity contribution in [3.05, 3.63) is 101 Å². The molecule has 1 saturated carbocycles. The molecular weight excluding hydrogens is 402 g/mol. The van der Waals surface area contributed by atoms with E-state index in [0.29, 0.717) is 22.8 Å². The van der Waals surface area contributed by atoms with Crippen LogP contribution in [0.15, 0.2) is 84.6 Å². The summed E-state index contributed by atoms with van der Waals surface area (Å²) in [5.41, 5.74) is 2.08. The van der Waals surface area contributed by atoms with Gasteiger partial charge in [-0.3, -0.25) is 4.79 Å². The SMILES string of the molecule is O=C(O)/C(=C\c1ccc(Oc2ccccc2C2CCCC2)cc1)NC(=O)c1ccccc1. The summed E-state index contributed by atoms with van der Waals surface area (Å²) in [7, 11) is 0. The first-order valence-electron chi connectivity index (χ1n) is 10.8. The van der Waals surface area contributed by atoms with Gasteiger partial charge < -0.3 is 15.2 Å². The van der Waals surface area contributed by atoms with Gasteiger partial charge in [-0.1, -0.05) is 61.4 Å². The van der Waals surface area contributed by atoms with Gasteiger partial charge in [-0.25, -0.2) is 4.79 Å². The maximum absolute atomic E-state index is 12.3. The van der Waals surface area contributed by atoms with Crippen LogP contribution in [0.2, 0.25) is 0 Å². The molecule has 0 aromatic heterocycles. The zero-order chi connectivity index (χ0) is 22.3. The number of ether oxygens (including phenoxy) is 1. The molecule has 5 heteroatoms. The molecule has 0 spiro atoms. The lowest BCUT2D eigenvalue weighted by molar-refractivity contribution is -0.132. The van der Waals surface area contributed by atoms with Crippen molar-refractivity contribution in [1.82, 2.24) is 5.32 Å². The molecule has 1 amide bonds. The molecule has 0 atom stereocenters. The van der Waals surface area contributed by atoms with E-state index >= 15 is 0 Å². The van der Waals surface area contributed by atoms with E-state index in [1.165, 1.54) is 37.3 Å². The Hall–Kier alpha value is -3.86. The van der Waals surface area contributed by atoms with Gasteiger partial charge in [0.2, 0.25) is 0 Å². The number of carboxylic acid groups (broad SMARTS) is 1. The minimum atomic E-state index is -1.21. The Bertz CT molecular complexity index is 1110. The number of aliphatic carboxylic acids is 1. The fourth-order valence-electron chi connectivity index (χ4n) is 4.01. The molecule has 0 unspecified atom stereocenters. The third kappa shape index (κ3) is 5.24. The van der Waals surface area contributed by atoms with Crippen molar-refractivity contribution in [2.45, 2.75) is 31.6 Å². The number of para-hydroxylation sites is 1. The minimum absolute atomic E-state index is 0.195. The van der Waals surface area contributed by atoms with E-state index < -0.39 is 11.9 Å². The summed E-state index contributed by atoms with van der Waals surface area (Å²) in [4.78, 5) is 23.9. The molecule has 1 aliphatic carbocycles. The Morgan fingerprint density at radius 3 is 2.22 bits per heavy atom. The lowest BCUT2D eigenvalue weighted by Crippen LogP contribution is -2.27. The predicted octanol–water partition coefficient (Wildman–Crippen LogP) is 5.99. The van der Waals surface area contributed by atoms with Gasteiger partial charge in [0.15, 0.2) is 0 Å². The van der Waals surface area contributed by atoms with Crippen LogP contribution in [0.5, 0.6) is 11.5 Å². The van der Waals surface area contributed by atoms with Crippen molar-refractivity contribution in [3.8, 4) is 11.5 Å². The number of amides is 1. The third-order valence-electron chi connectivity index (χ3n) is 5.65. The van der Waals surface area contributed by atoms with Crippen LogP contribution in [0.1, 0.15) is 53.1 Å². The van der Waals surface area contributed by atoms with Crippen molar-refractivity contribution in [1.29, 1.82) is 0 Å². The van der Waals surface area contributed by atoms with Crippen LogP contribution in [0, 0.1) is 0 Å². The third-order valence-corrected chi connectivity index (χ3v) is 5.65. The molecule has 3 aromatic rings. The molecule has 0 radical (unpaired) electrons. The number of carboxylic acids is 1. The predicted molar refractivity (Wildman–Crippen MR) is 124 cm³/mol. The number of carbonyl (C=O) groups excluding carboxylic acids is 1. The maximum atomic E-state index is 12.3. The van der Waals surface area contributed by atoms with Crippen LogP contribution in [0.4, 0.5) is 0 Å². The van der Waals surface area contributed by atoms with Crippen molar-refractivity contribution in [3.63, 3.8) is 0 Å². The Kier molecular flexibility index (Phi) is 6.66.